The van der Waals surface area contributed by atoms with Gasteiger partial charge in [0, 0.05) is 24.3 Å². The average Bonchev–Trinajstić information content (AvgIpc) is 2.41. The van der Waals surface area contributed by atoms with E-state index in [4.69, 9.17) is 5.73 Å². The number of rotatable bonds is 3. The Hall–Kier alpha value is -1.09. The molecule has 0 aliphatic rings. The first kappa shape index (κ1) is 11.0. The second-order valence-corrected chi connectivity index (χ2v) is 3.48. The van der Waals surface area contributed by atoms with Gasteiger partial charge in [-0.3, -0.25) is 4.68 Å². The molecular formula is C11H19N3. The highest BCUT2D eigenvalue weighted by atomic mass is 15.3. The molecule has 0 bridgehead atoms. The van der Waals surface area contributed by atoms with E-state index >= 15 is 0 Å². The van der Waals surface area contributed by atoms with Crippen LogP contribution in [-0.4, -0.2) is 16.3 Å². The summed E-state index contributed by atoms with van der Waals surface area (Å²) in [6.07, 6.45) is 2.04. The highest BCUT2D eigenvalue weighted by Gasteiger charge is 2.10. The topological polar surface area (TPSA) is 43.8 Å². The van der Waals surface area contributed by atoms with Crippen LogP contribution in [0.3, 0.4) is 0 Å². The van der Waals surface area contributed by atoms with Gasteiger partial charge in [0.25, 0.3) is 0 Å². The van der Waals surface area contributed by atoms with Crippen molar-refractivity contribution in [2.24, 2.45) is 5.73 Å². The van der Waals surface area contributed by atoms with Crippen LogP contribution in [0, 0.1) is 13.8 Å². The van der Waals surface area contributed by atoms with Gasteiger partial charge in [-0.1, -0.05) is 6.08 Å². The Morgan fingerprint density at radius 2 is 2.14 bits per heavy atom. The summed E-state index contributed by atoms with van der Waals surface area (Å²) >= 11 is 0. The fourth-order valence-electron chi connectivity index (χ4n) is 1.85. The minimum atomic E-state index is 0.585. The zero-order valence-corrected chi connectivity index (χ0v) is 9.46. The largest absolute Gasteiger partial charge is 0.327 e. The Morgan fingerprint density at radius 3 is 2.57 bits per heavy atom. The highest BCUT2D eigenvalue weighted by molar-refractivity contribution is 5.67. The predicted molar refractivity (Wildman–Crippen MR) is 60.1 cm³/mol. The molecule has 0 amide bonds. The second-order valence-electron chi connectivity index (χ2n) is 3.48. The van der Waals surface area contributed by atoms with Gasteiger partial charge < -0.3 is 5.73 Å². The lowest BCUT2D eigenvalue weighted by Crippen LogP contribution is -1.99. The molecule has 3 nitrogen and oxygen atoms in total. The van der Waals surface area contributed by atoms with Gasteiger partial charge in [0.1, 0.15) is 0 Å². The molecule has 1 aromatic heterocycles. The maximum Gasteiger partial charge on any atom is 0.0671 e. The molecule has 1 aromatic rings. The molecule has 0 saturated heterocycles. The molecule has 0 radical (unpaired) electrons. The summed E-state index contributed by atoms with van der Waals surface area (Å²) in [4.78, 5) is 0. The number of aryl methyl sites for hydroxylation is 2. The van der Waals surface area contributed by atoms with Crippen molar-refractivity contribution < 1.29 is 0 Å². The van der Waals surface area contributed by atoms with Gasteiger partial charge in [-0.15, -0.1) is 0 Å². The fraction of sp³-hybridized carbons (Fsp3) is 0.545. The molecule has 0 saturated carbocycles. The third kappa shape index (κ3) is 1.87. The number of nitrogens with two attached hydrogens (primary N) is 1. The molecule has 1 heterocycles. The van der Waals surface area contributed by atoms with E-state index in [9.17, 15) is 0 Å². The summed E-state index contributed by atoms with van der Waals surface area (Å²) in [7, 11) is 0. The van der Waals surface area contributed by atoms with E-state index in [1.165, 1.54) is 16.8 Å². The van der Waals surface area contributed by atoms with Crippen LogP contribution in [0.2, 0.25) is 0 Å². The summed E-state index contributed by atoms with van der Waals surface area (Å²) in [5.41, 5.74) is 10.3. The summed E-state index contributed by atoms with van der Waals surface area (Å²) in [5.74, 6) is 0. The molecule has 14 heavy (non-hydrogen) atoms. The Morgan fingerprint density at radius 1 is 1.50 bits per heavy atom. The van der Waals surface area contributed by atoms with E-state index in [2.05, 4.69) is 25.9 Å². The minimum absolute atomic E-state index is 0.585. The zero-order chi connectivity index (χ0) is 10.7. The Bertz CT molecular complexity index is 348. The van der Waals surface area contributed by atoms with Gasteiger partial charge in [-0.05, 0) is 33.3 Å². The van der Waals surface area contributed by atoms with Crippen molar-refractivity contribution in [2.45, 2.75) is 34.2 Å². The van der Waals surface area contributed by atoms with E-state index in [0.29, 0.717) is 6.54 Å². The van der Waals surface area contributed by atoms with Crippen LogP contribution in [0.4, 0.5) is 0 Å². The Labute approximate surface area is 85.6 Å². The molecule has 0 unspecified atom stereocenters. The van der Waals surface area contributed by atoms with Crippen molar-refractivity contribution in [3.63, 3.8) is 0 Å². The Kier molecular flexibility index (Phi) is 3.47. The lowest BCUT2D eigenvalue weighted by molar-refractivity contribution is 0.634. The molecule has 3 heteroatoms. The molecule has 0 aliphatic carbocycles. The molecule has 0 atom stereocenters. The second kappa shape index (κ2) is 4.42. The van der Waals surface area contributed by atoms with E-state index in [1.807, 2.05) is 17.7 Å². The molecule has 0 spiro atoms. The van der Waals surface area contributed by atoms with E-state index in [-0.39, 0.29) is 0 Å². The molecule has 2 N–H and O–H groups in total. The molecule has 78 valence electrons. The quantitative estimate of drug-likeness (QED) is 0.796. The first-order chi connectivity index (χ1) is 6.61. The van der Waals surface area contributed by atoms with Gasteiger partial charge in [-0.25, -0.2) is 0 Å². The van der Waals surface area contributed by atoms with Crippen molar-refractivity contribution in [3.8, 4) is 0 Å². The molecule has 0 aromatic carbocycles. The minimum Gasteiger partial charge on any atom is -0.327 e. The van der Waals surface area contributed by atoms with Gasteiger partial charge >= 0.3 is 0 Å². The summed E-state index contributed by atoms with van der Waals surface area (Å²) in [6.45, 7) is 9.84. The van der Waals surface area contributed by atoms with Crippen LogP contribution >= 0.6 is 0 Å². The van der Waals surface area contributed by atoms with Gasteiger partial charge in [0.05, 0.1) is 5.69 Å². The van der Waals surface area contributed by atoms with E-state index in [0.717, 1.165) is 12.2 Å². The Balaban J connectivity index is 3.20. The number of aromatic nitrogens is 2. The van der Waals surface area contributed by atoms with Crippen molar-refractivity contribution in [1.82, 2.24) is 9.78 Å². The van der Waals surface area contributed by atoms with E-state index < -0.39 is 0 Å². The molecule has 1 rings (SSSR count). The van der Waals surface area contributed by atoms with Crippen LogP contribution in [-0.2, 0) is 6.54 Å². The lowest BCUT2D eigenvalue weighted by atomic mass is 10.1. The van der Waals surface area contributed by atoms with Crippen LogP contribution < -0.4 is 5.73 Å². The monoisotopic (exact) mass is 193 g/mol. The number of nitrogens with zero attached hydrogens (tertiary/aromatic N) is 2. The van der Waals surface area contributed by atoms with Crippen molar-refractivity contribution >= 4 is 5.57 Å². The maximum atomic E-state index is 5.50. The SMILES string of the molecule is CCn1nc(C)c(C(C)=CCN)c1C. The predicted octanol–water partition coefficient (Wildman–Crippen LogP) is 1.88. The number of hydrogen-bond acceptors (Lipinski definition) is 2. The summed E-state index contributed by atoms with van der Waals surface area (Å²) in [6, 6.07) is 0. The van der Waals surface area contributed by atoms with Crippen LogP contribution in [0.15, 0.2) is 6.08 Å². The first-order valence-electron chi connectivity index (χ1n) is 5.03. The average molecular weight is 193 g/mol. The molecular weight excluding hydrogens is 174 g/mol. The maximum absolute atomic E-state index is 5.50. The fourth-order valence-corrected chi connectivity index (χ4v) is 1.85. The normalized spacial score (nSPS) is 12.2. The third-order valence-corrected chi connectivity index (χ3v) is 2.50. The zero-order valence-electron chi connectivity index (χ0n) is 9.46. The van der Waals surface area contributed by atoms with Crippen LogP contribution in [0.5, 0.6) is 0 Å². The van der Waals surface area contributed by atoms with Gasteiger partial charge in [0.15, 0.2) is 0 Å². The van der Waals surface area contributed by atoms with Crippen molar-refractivity contribution in [2.75, 3.05) is 6.54 Å². The summed E-state index contributed by atoms with van der Waals surface area (Å²) in [5, 5.41) is 4.47. The van der Waals surface area contributed by atoms with Gasteiger partial charge in [0.2, 0.25) is 0 Å². The van der Waals surface area contributed by atoms with Crippen molar-refractivity contribution in [3.05, 3.63) is 23.0 Å². The lowest BCUT2D eigenvalue weighted by Gasteiger charge is -2.02. The standard InChI is InChI=1S/C11H19N3/c1-5-14-10(4)11(9(3)13-14)8(2)6-7-12/h6H,5,7,12H2,1-4H3. The summed E-state index contributed by atoms with van der Waals surface area (Å²) < 4.78 is 2.03. The first-order valence-corrected chi connectivity index (χ1v) is 5.03. The van der Waals surface area contributed by atoms with E-state index in [1.54, 1.807) is 0 Å². The highest BCUT2D eigenvalue weighted by Crippen LogP contribution is 2.21. The third-order valence-electron chi connectivity index (χ3n) is 2.50. The van der Waals surface area contributed by atoms with Crippen LogP contribution in [0.25, 0.3) is 5.57 Å². The molecule has 0 fully saturated rings. The number of hydrogen-bond donors (Lipinski definition) is 1. The van der Waals surface area contributed by atoms with Gasteiger partial charge in [-0.2, -0.15) is 5.10 Å². The molecule has 0 aliphatic heterocycles. The van der Waals surface area contributed by atoms with Crippen molar-refractivity contribution in [1.29, 1.82) is 0 Å². The van der Waals surface area contributed by atoms with Crippen LogP contribution in [0.1, 0.15) is 30.8 Å². The smallest absolute Gasteiger partial charge is 0.0671 e. The number of allylic oxidation sites excluding steroid dienone is 1.